The molecule has 0 radical (unpaired) electrons. The van der Waals surface area contributed by atoms with Crippen LogP contribution in [-0.2, 0) is 6.18 Å². The van der Waals surface area contributed by atoms with Crippen molar-refractivity contribution in [3.8, 4) is 6.01 Å². The summed E-state index contributed by atoms with van der Waals surface area (Å²) in [7, 11) is 3.42. The third kappa shape index (κ3) is 5.88. The lowest BCUT2D eigenvalue weighted by Crippen LogP contribution is -2.44. The van der Waals surface area contributed by atoms with Gasteiger partial charge in [-0.1, -0.05) is 6.07 Å². The van der Waals surface area contributed by atoms with E-state index < -0.39 is 17.6 Å². The van der Waals surface area contributed by atoms with Gasteiger partial charge in [0.1, 0.15) is 17.4 Å². The summed E-state index contributed by atoms with van der Waals surface area (Å²) in [6.07, 6.45) is -1.69. The Kier molecular flexibility index (Phi) is 7.39. The summed E-state index contributed by atoms with van der Waals surface area (Å²) in [6.45, 7) is 4.49. The molecule has 0 spiro atoms. The number of fused-ring (bicyclic) bond motifs is 1. The molecule has 208 valence electrons. The second-order valence-corrected chi connectivity index (χ2v) is 9.48. The molecule has 2 aromatic heterocycles. The molecule has 4 aromatic rings. The zero-order valence-electron chi connectivity index (χ0n) is 22.1. The molecule has 40 heavy (non-hydrogen) atoms. The number of rotatable bonds is 6. The number of amides is 1. The minimum atomic E-state index is -4.56. The fourth-order valence-corrected chi connectivity index (χ4v) is 4.35. The number of hydrogen-bond acceptors (Lipinski definition) is 9. The lowest BCUT2D eigenvalue weighted by molar-refractivity contribution is -0.137. The van der Waals surface area contributed by atoms with Gasteiger partial charge in [0.25, 0.3) is 5.91 Å². The number of halogens is 3. The fourth-order valence-electron chi connectivity index (χ4n) is 4.35. The number of nitrogens with one attached hydrogen (secondary N) is 2. The van der Waals surface area contributed by atoms with Crippen LogP contribution in [0.4, 0.5) is 36.1 Å². The van der Waals surface area contributed by atoms with Crippen LogP contribution in [0, 0.1) is 6.92 Å². The summed E-state index contributed by atoms with van der Waals surface area (Å²) >= 11 is 0. The summed E-state index contributed by atoms with van der Waals surface area (Å²) in [4.78, 5) is 34.0. The number of aromatic nitrogens is 4. The van der Waals surface area contributed by atoms with Crippen LogP contribution in [0.1, 0.15) is 21.5 Å². The number of nitrogens with zero attached hydrogens (tertiary/aromatic N) is 6. The van der Waals surface area contributed by atoms with Crippen molar-refractivity contribution in [1.29, 1.82) is 0 Å². The van der Waals surface area contributed by atoms with E-state index in [1.165, 1.54) is 19.6 Å². The predicted octanol–water partition coefficient (Wildman–Crippen LogP) is 4.50. The van der Waals surface area contributed by atoms with E-state index in [4.69, 9.17) is 4.74 Å². The summed E-state index contributed by atoms with van der Waals surface area (Å²) in [5, 5.41) is 5.82. The van der Waals surface area contributed by atoms with Crippen molar-refractivity contribution in [3.63, 3.8) is 0 Å². The zero-order valence-corrected chi connectivity index (χ0v) is 22.1. The molecule has 0 atom stereocenters. The minimum Gasteiger partial charge on any atom is -0.467 e. The number of aryl methyl sites for hydroxylation is 1. The van der Waals surface area contributed by atoms with Gasteiger partial charge < -0.3 is 25.2 Å². The van der Waals surface area contributed by atoms with Gasteiger partial charge >= 0.3 is 12.2 Å². The van der Waals surface area contributed by atoms with Gasteiger partial charge in [-0.15, -0.1) is 0 Å². The lowest BCUT2D eigenvalue weighted by Gasteiger charge is -2.34. The Morgan fingerprint density at radius 1 is 1.02 bits per heavy atom. The van der Waals surface area contributed by atoms with E-state index in [1.54, 1.807) is 24.3 Å². The molecule has 5 rings (SSSR count). The number of hydrogen-bond donors (Lipinski definition) is 2. The summed E-state index contributed by atoms with van der Waals surface area (Å²) in [5.74, 6) is -0.177. The molecule has 2 aromatic carbocycles. The van der Waals surface area contributed by atoms with Crippen molar-refractivity contribution < 1.29 is 22.7 Å². The number of likely N-dealkylation sites (N-methyl/N-ethyl adjacent to an activating group) is 1. The SMILES string of the molecule is COc1ncc2ncnc(Nc3cc(C(=O)Nc4cc(N5CCN(C)CC5)cc(C(F)(F)F)c4)ccc3C)c2n1. The number of carbonyl (C=O) groups is 1. The normalized spacial score (nSPS) is 14.3. The van der Waals surface area contributed by atoms with E-state index in [-0.39, 0.29) is 17.3 Å². The zero-order chi connectivity index (χ0) is 28.4. The molecule has 0 bridgehead atoms. The van der Waals surface area contributed by atoms with E-state index in [9.17, 15) is 18.0 Å². The first-order valence-electron chi connectivity index (χ1n) is 12.5. The maximum absolute atomic E-state index is 13.7. The van der Waals surface area contributed by atoms with E-state index >= 15 is 0 Å². The highest BCUT2D eigenvalue weighted by atomic mass is 19.4. The van der Waals surface area contributed by atoms with Gasteiger partial charge in [-0.05, 0) is 49.9 Å². The van der Waals surface area contributed by atoms with Gasteiger partial charge in [-0.3, -0.25) is 4.79 Å². The van der Waals surface area contributed by atoms with Crippen LogP contribution in [0.5, 0.6) is 6.01 Å². The van der Waals surface area contributed by atoms with Gasteiger partial charge in [0.05, 0.1) is 18.9 Å². The Balaban J connectivity index is 1.42. The molecular formula is C27H27F3N8O2. The number of alkyl halides is 3. The third-order valence-electron chi connectivity index (χ3n) is 6.66. The van der Waals surface area contributed by atoms with E-state index in [1.807, 2.05) is 18.9 Å². The minimum absolute atomic E-state index is 0.0643. The first-order valence-corrected chi connectivity index (χ1v) is 12.5. The van der Waals surface area contributed by atoms with Crippen LogP contribution in [-0.4, -0.2) is 71.1 Å². The van der Waals surface area contributed by atoms with Crippen molar-refractivity contribution >= 4 is 39.8 Å². The maximum atomic E-state index is 13.7. The number of methoxy groups -OCH3 is 1. The van der Waals surface area contributed by atoms with E-state index in [0.29, 0.717) is 41.3 Å². The quantitative estimate of drug-likeness (QED) is 0.357. The standard InChI is InChI=1S/C27H27F3N8O2/c1-16-4-5-17(10-21(16)35-24-23-22(32-15-33-24)14-31-26(36-23)40-3)25(39)34-19-11-18(27(28,29)30)12-20(13-19)38-8-6-37(2)7-9-38/h4-5,10-15H,6-9H2,1-3H3,(H,34,39)(H,32,33,35). The average molecular weight is 553 g/mol. The molecule has 3 heterocycles. The maximum Gasteiger partial charge on any atom is 0.416 e. The molecule has 10 nitrogen and oxygen atoms in total. The molecule has 1 fully saturated rings. The monoisotopic (exact) mass is 552 g/mol. The van der Waals surface area contributed by atoms with Crippen LogP contribution in [0.25, 0.3) is 11.0 Å². The van der Waals surface area contributed by atoms with E-state index in [2.05, 4.69) is 35.5 Å². The number of carbonyl (C=O) groups excluding carboxylic acids is 1. The molecule has 1 saturated heterocycles. The second-order valence-electron chi connectivity index (χ2n) is 9.48. The topological polar surface area (TPSA) is 108 Å². The lowest BCUT2D eigenvalue weighted by atomic mass is 10.1. The Hall–Kier alpha value is -4.52. The Bertz CT molecular complexity index is 1560. The molecule has 0 saturated carbocycles. The second kappa shape index (κ2) is 10.9. The van der Waals surface area contributed by atoms with Crippen molar-refractivity contribution in [2.45, 2.75) is 13.1 Å². The van der Waals surface area contributed by atoms with Crippen LogP contribution in [0.15, 0.2) is 48.9 Å². The van der Waals surface area contributed by atoms with Gasteiger partial charge in [0, 0.05) is 48.8 Å². The van der Waals surface area contributed by atoms with Gasteiger partial charge in [-0.25, -0.2) is 15.0 Å². The summed E-state index contributed by atoms with van der Waals surface area (Å²) < 4.78 is 46.3. The first-order chi connectivity index (χ1) is 19.1. The predicted molar refractivity (Wildman–Crippen MR) is 145 cm³/mol. The number of anilines is 4. The smallest absolute Gasteiger partial charge is 0.416 e. The van der Waals surface area contributed by atoms with Crippen molar-refractivity contribution in [1.82, 2.24) is 24.8 Å². The first kappa shape index (κ1) is 27.1. The number of benzene rings is 2. The number of piperazine rings is 1. The van der Waals surface area contributed by atoms with Crippen molar-refractivity contribution in [2.75, 3.05) is 55.9 Å². The molecule has 1 aliphatic heterocycles. The van der Waals surface area contributed by atoms with Crippen molar-refractivity contribution in [3.05, 3.63) is 65.6 Å². The molecule has 1 amide bonds. The molecule has 2 N–H and O–H groups in total. The fraction of sp³-hybridized carbons (Fsp3) is 0.296. The Morgan fingerprint density at radius 3 is 2.52 bits per heavy atom. The van der Waals surface area contributed by atoms with Gasteiger partial charge in [0.15, 0.2) is 5.82 Å². The molecule has 13 heteroatoms. The molecule has 0 unspecified atom stereocenters. The summed E-state index contributed by atoms with van der Waals surface area (Å²) in [6, 6.07) is 8.74. The largest absolute Gasteiger partial charge is 0.467 e. The van der Waals surface area contributed by atoms with Crippen LogP contribution in [0.2, 0.25) is 0 Å². The van der Waals surface area contributed by atoms with Crippen LogP contribution >= 0.6 is 0 Å². The number of ether oxygens (including phenoxy) is 1. The molecule has 1 aliphatic rings. The molecule has 0 aliphatic carbocycles. The average Bonchev–Trinajstić information content (AvgIpc) is 2.94. The molecular weight excluding hydrogens is 525 g/mol. The van der Waals surface area contributed by atoms with Crippen LogP contribution in [0.3, 0.4) is 0 Å². The highest BCUT2D eigenvalue weighted by Gasteiger charge is 2.32. The van der Waals surface area contributed by atoms with Crippen LogP contribution < -0.4 is 20.3 Å². The van der Waals surface area contributed by atoms with Gasteiger partial charge in [0.2, 0.25) is 0 Å². The Labute approximate surface area is 228 Å². The van der Waals surface area contributed by atoms with Gasteiger partial charge in [-0.2, -0.15) is 18.2 Å². The highest BCUT2D eigenvalue weighted by molar-refractivity contribution is 6.05. The summed E-state index contributed by atoms with van der Waals surface area (Å²) in [5.41, 5.74) is 2.19. The van der Waals surface area contributed by atoms with Crippen molar-refractivity contribution in [2.24, 2.45) is 0 Å². The Morgan fingerprint density at radius 2 is 1.80 bits per heavy atom. The third-order valence-corrected chi connectivity index (χ3v) is 6.66. The van der Waals surface area contributed by atoms with E-state index in [0.717, 1.165) is 30.8 Å². The highest BCUT2D eigenvalue weighted by Crippen LogP contribution is 2.35.